The molecule has 96 valence electrons. The van der Waals surface area contributed by atoms with Crippen molar-refractivity contribution in [3.8, 4) is 11.5 Å². The highest BCUT2D eigenvalue weighted by molar-refractivity contribution is 5.91. The van der Waals surface area contributed by atoms with Gasteiger partial charge in [-0.15, -0.1) is 0 Å². The van der Waals surface area contributed by atoms with Gasteiger partial charge in [-0.1, -0.05) is 17.7 Å². The van der Waals surface area contributed by atoms with Crippen LogP contribution in [0.2, 0.25) is 0 Å². The minimum atomic E-state index is -0.208. The maximum absolute atomic E-state index is 11.4. The zero-order chi connectivity index (χ0) is 13.5. The Balaban J connectivity index is 2.55. The fraction of sp³-hybridized carbons (Fsp3) is 0.214. The average Bonchev–Trinajstić information content (AvgIpc) is 2.30. The highest BCUT2D eigenvalue weighted by Crippen LogP contribution is 2.25. The maximum Gasteiger partial charge on any atom is 0.244 e. The van der Waals surface area contributed by atoms with Crippen molar-refractivity contribution in [2.24, 2.45) is 0 Å². The third-order valence-corrected chi connectivity index (χ3v) is 2.21. The Labute approximate surface area is 106 Å². The monoisotopic (exact) mass is 247 g/mol. The third kappa shape index (κ3) is 4.74. The van der Waals surface area contributed by atoms with Crippen LogP contribution in [-0.2, 0) is 4.79 Å². The van der Waals surface area contributed by atoms with Gasteiger partial charge < -0.3 is 15.5 Å². The lowest BCUT2D eigenvalue weighted by Crippen LogP contribution is -2.20. The topological polar surface area (TPSA) is 69.6 Å². The molecule has 1 aromatic carbocycles. The van der Waals surface area contributed by atoms with E-state index >= 15 is 0 Å². The molecule has 0 aliphatic carbocycles. The number of aromatic hydroxyl groups is 2. The Morgan fingerprint density at radius 1 is 1.28 bits per heavy atom. The number of rotatable bonds is 4. The van der Waals surface area contributed by atoms with Gasteiger partial charge in [-0.2, -0.15) is 0 Å². The van der Waals surface area contributed by atoms with E-state index in [1.807, 2.05) is 19.9 Å². The lowest BCUT2D eigenvalue weighted by atomic mass is 10.2. The number of benzene rings is 1. The fourth-order valence-corrected chi connectivity index (χ4v) is 1.23. The van der Waals surface area contributed by atoms with Crippen molar-refractivity contribution in [1.82, 2.24) is 5.32 Å². The van der Waals surface area contributed by atoms with E-state index in [-0.39, 0.29) is 17.4 Å². The van der Waals surface area contributed by atoms with Crippen molar-refractivity contribution >= 4 is 12.0 Å². The van der Waals surface area contributed by atoms with Gasteiger partial charge in [0.1, 0.15) is 0 Å². The Kier molecular flexibility index (Phi) is 4.99. The van der Waals surface area contributed by atoms with Crippen LogP contribution in [0.1, 0.15) is 19.4 Å². The summed E-state index contributed by atoms with van der Waals surface area (Å²) >= 11 is 0. The van der Waals surface area contributed by atoms with Crippen LogP contribution in [0.4, 0.5) is 0 Å². The largest absolute Gasteiger partial charge is 0.504 e. The van der Waals surface area contributed by atoms with Crippen molar-refractivity contribution in [2.75, 3.05) is 6.54 Å². The molecule has 0 saturated carbocycles. The Morgan fingerprint density at radius 2 is 2.00 bits per heavy atom. The molecule has 4 nitrogen and oxygen atoms in total. The van der Waals surface area contributed by atoms with E-state index in [0.29, 0.717) is 12.1 Å². The first-order valence-corrected chi connectivity index (χ1v) is 5.60. The van der Waals surface area contributed by atoms with E-state index < -0.39 is 0 Å². The molecule has 18 heavy (non-hydrogen) atoms. The molecule has 0 aromatic heterocycles. The van der Waals surface area contributed by atoms with Gasteiger partial charge in [-0.25, -0.2) is 0 Å². The second kappa shape index (κ2) is 6.49. The van der Waals surface area contributed by atoms with Crippen LogP contribution in [0, 0.1) is 0 Å². The molecular weight excluding hydrogens is 230 g/mol. The Hall–Kier alpha value is -2.23. The highest BCUT2D eigenvalue weighted by Gasteiger charge is 1.98. The molecule has 0 radical (unpaired) electrons. The number of phenolic OH excluding ortho intramolecular Hbond substituents is 2. The number of nitrogens with one attached hydrogen (secondary N) is 1. The fourth-order valence-electron chi connectivity index (χ4n) is 1.23. The summed E-state index contributed by atoms with van der Waals surface area (Å²) in [7, 11) is 0. The second-order valence-electron chi connectivity index (χ2n) is 4.11. The number of amides is 1. The zero-order valence-corrected chi connectivity index (χ0v) is 10.5. The van der Waals surface area contributed by atoms with Crippen molar-refractivity contribution in [1.29, 1.82) is 0 Å². The molecule has 4 heteroatoms. The molecule has 0 aliphatic heterocycles. The molecule has 0 fully saturated rings. The van der Waals surface area contributed by atoms with Crippen LogP contribution >= 0.6 is 0 Å². The van der Waals surface area contributed by atoms with E-state index in [1.165, 1.54) is 18.2 Å². The summed E-state index contributed by atoms with van der Waals surface area (Å²) in [5.74, 6) is -0.595. The summed E-state index contributed by atoms with van der Waals surface area (Å²) in [6.45, 7) is 4.41. The van der Waals surface area contributed by atoms with Crippen LogP contribution in [0.5, 0.6) is 11.5 Å². The van der Waals surface area contributed by atoms with E-state index in [9.17, 15) is 9.90 Å². The molecule has 1 rings (SSSR count). The lowest BCUT2D eigenvalue weighted by molar-refractivity contribution is -0.116. The lowest BCUT2D eigenvalue weighted by Gasteiger charge is -1.99. The summed E-state index contributed by atoms with van der Waals surface area (Å²) < 4.78 is 0. The Bertz CT molecular complexity index is 486. The van der Waals surface area contributed by atoms with Crippen molar-refractivity contribution < 1.29 is 15.0 Å². The molecule has 3 N–H and O–H groups in total. The molecule has 1 aromatic rings. The summed E-state index contributed by atoms with van der Waals surface area (Å²) in [6, 6.07) is 4.36. The number of phenols is 2. The molecule has 0 heterocycles. The number of hydrogen-bond acceptors (Lipinski definition) is 3. The van der Waals surface area contributed by atoms with Gasteiger partial charge in [-0.3, -0.25) is 4.79 Å². The van der Waals surface area contributed by atoms with Crippen molar-refractivity contribution in [3.63, 3.8) is 0 Å². The van der Waals surface area contributed by atoms with Gasteiger partial charge in [0.05, 0.1) is 0 Å². The first-order valence-electron chi connectivity index (χ1n) is 5.60. The molecular formula is C14H17NO3. The van der Waals surface area contributed by atoms with Crippen molar-refractivity contribution in [3.05, 3.63) is 41.5 Å². The minimum absolute atomic E-state index is 0.180. The second-order valence-corrected chi connectivity index (χ2v) is 4.11. The maximum atomic E-state index is 11.4. The first-order chi connectivity index (χ1) is 8.49. The number of allylic oxidation sites excluding steroid dienone is 1. The van der Waals surface area contributed by atoms with Gasteiger partial charge >= 0.3 is 0 Å². The summed E-state index contributed by atoms with van der Waals surface area (Å²) in [6.07, 6.45) is 4.86. The minimum Gasteiger partial charge on any atom is -0.504 e. The van der Waals surface area contributed by atoms with Gasteiger partial charge in [0.15, 0.2) is 11.5 Å². The third-order valence-electron chi connectivity index (χ3n) is 2.21. The molecule has 0 bridgehead atoms. The van der Waals surface area contributed by atoms with Crippen LogP contribution in [0.3, 0.4) is 0 Å². The van der Waals surface area contributed by atoms with Crippen LogP contribution < -0.4 is 5.32 Å². The molecule has 0 aliphatic rings. The smallest absolute Gasteiger partial charge is 0.244 e. The predicted molar refractivity (Wildman–Crippen MR) is 71.2 cm³/mol. The first kappa shape index (κ1) is 13.8. The van der Waals surface area contributed by atoms with E-state index in [0.717, 1.165) is 5.57 Å². The van der Waals surface area contributed by atoms with Crippen LogP contribution in [0.15, 0.2) is 35.9 Å². The van der Waals surface area contributed by atoms with E-state index in [4.69, 9.17) is 5.11 Å². The summed E-state index contributed by atoms with van der Waals surface area (Å²) in [5.41, 5.74) is 1.78. The molecule has 0 saturated heterocycles. The number of carbonyl (C=O) groups excluding carboxylic acids is 1. The van der Waals surface area contributed by atoms with Gasteiger partial charge in [-0.05, 0) is 37.6 Å². The molecule has 1 amide bonds. The van der Waals surface area contributed by atoms with Crippen LogP contribution in [-0.4, -0.2) is 22.7 Å². The normalized spacial score (nSPS) is 10.3. The van der Waals surface area contributed by atoms with E-state index in [2.05, 4.69) is 5.32 Å². The molecule has 0 atom stereocenters. The molecule has 0 spiro atoms. The van der Waals surface area contributed by atoms with Crippen molar-refractivity contribution in [2.45, 2.75) is 13.8 Å². The predicted octanol–water partition coefficient (Wildman–Crippen LogP) is 2.19. The Morgan fingerprint density at radius 3 is 2.61 bits per heavy atom. The zero-order valence-electron chi connectivity index (χ0n) is 10.5. The van der Waals surface area contributed by atoms with Gasteiger partial charge in [0, 0.05) is 12.6 Å². The quantitative estimate of drug-likeness (QED) is 0.434. The number of hydrogen-bond donors (Lipinski definition) is 3. The van der Waals surface area contributed by atoms with Crippen LogP contribution in [0.25, 0.3) is 6.08 Å². The highest BCUT2D eigenvalue weighted by atomic mass is 16.3. The van der Waals surface area contributed by atoms with Gasteiger partial charge in [0.2, 0.25) is 5.91 Å². The SMILES string of the molecule is CC(C)=CCNC(=O)/C=C/c1ccc(O)c(O)c1. The average molecular weight is 247 g/mol. The summed E-state index contributed by atoms with van der Waals surface area (Å²) in [4.78, 5) is 11.4. The summed E-state index contributed by atoms with van der Waals surface area (Å²) in [5, 5.41) is 21.1. The molecule has 0 unspecified atom stereocenters. The number of carbonyl (C=O) groups is 1. The standard InChI is InChI=1S/C14H17NO3/c1-10(2)7-8-15-14(18)6-4-11-3-5-12(16)13(17)9-11/h3-7,9,16-17H,8H2,1-2H3,(H,15,18)/b6-4+. The van der Waals surface area contributed by atoms with Gasteiger partial charge in [0.25, 0.3) is 0 Å². The van der Waals surface area contributed by atoms with E-state index in [1.54, 1.807) is 12.1 Å².